The number of imidazole rings is 1. The van der Waals surface area contributed by atoms with Crippen LogP contribution in [0.1, 0.15) is 53.4 Å². The third-order valence-electron chi connectivity index (χ3n) is 8.22. The number of nitrogens with one attached hydrogen (secondary N) is 4. The Hall–Kier alpha value is -4.83. The van der Waals surface area contributed by atoms with Crippen LogP contribution in [-0.4, -0.2) is 61.0 Å². The summed E-state index contributed by atoms with van der Waals surface area (Å²) in [6.07, 6.45) is 7.39. The highest BCUT2D eigenvalue weighted by Crippen LogP contribution is 2.31. The van der Waals surface area contributed by atoms with Crippen LogP contribution >= 0.6 is 0 Å². The summed E-state index contributed by atoms with van der Waals surface area (Å²) in [5.74, 6) is 0.442. The molecule has 1 aliphatic rings. The predicted octanol–water partition coefficient (Wildman–Crippen LogP) is 4.74. The van der Waals surface area contributed by atoms with Crippen LogP contribution in [-0.2, 0) is 17.9 Å². The Kier molecular flexibility index (Phi) is 8.28. The fourth-order valence-electron chi connectivity index (χ4n) is 5.75. The number of pyridine rings is 1. The molecule has 220 valence electrons. The van der Waals surface area contributed by atoms with Gasteiger partial charge in [-0.3, -0.25) is 19.7 Å². The van der Waals surface area contributed by atoms with E-state index in [0.29, 0.717) is 43.1 Å². The number of aromatic amines is 2. The molecule has 1 unspecified atom stereocenters. The largest absolute Gasteiger partial charge is 0.351 e. The van der Waals surface area contributed by atoms with Gasteiger partial charge in [0.2, 0.25) is 5.91 Å². The van der Waals surface area contributed by atoms with Gasteiger partial charge in [-0.25, -0.2) is 4.98 Å². The number of hydrogen-bond acceptors (Lipinski definition) is 6. The molecule has 5 aromatic rings. The lowest BCUT2D eigenvalue weighted by molar-refractivity contribution is -0.129. The van der Waals surface area contributed by atoms with E-state index in [0.717, 1.165) is 52.7 Å². The van der Waals surface area contributed by atoms with Crippen molar-refractivity contribution < 1.29 is 9.59 Å². The second-order valence-electron chi connectivity index (χ2n) is 11.0. The number of amides is 2. The minimum absolute atomic E-state index is 0.109. The van der Waals surface area contributed by atoms with Crippen LogP contribution in [0.4, 0.5) is 0 Å². The number of H-pyrrole nitrogens is 2. The van der Waals surface area contributed by atoms with E-state index in [-0.39, 0.29) is 17.9 Å². The average Bonchev–Trinajstić information content (AvgIpc) is 3.76. The Morgan fingerprint density at radius 2 is 1.98 bits per heavy atom. The second kappa shape index (κ2) is 12.6. The first-order valence-electron chi connectivity index (χ1n) is 14.8. The van der Waals surface area contributed by atoms with Crippen molar-refractivity contribution in [1.82, 2.24) is 40.7 Å². The summed E-state index contributed by atoms with van der Waals surface area (Å²) in [6, 6.07) is 16.3. The van der Waals surface area contributed by atoms with Gasteiger partial charge in [0.1, 0.15) is 11.4 Å². The van der Waals surface area contributed by atoms with Gasteiger partial charge in [0, 0.05) is 55.4 Å². The first kappa shape index (κ1) is 28.3. The predicted molar refractivity (Wildman–Crippen MR) is 166 cm³/mol. The topological polar surface area (TPSA) is 132 Å². The molecule has 2 aromatic carbocycles. The smallest absolute Gasteiger partial charge is 0.269 e. The maximum Gasteiger partial charge on any atom is 0.269 e. The zero-order chi connectivity index (χ0) is 29.8. The summed E-state index contributed by atoms with van der Waals surface area (Å²) in [4.78, 5) is 39.5. The first-order valence-corrected chi connectivity index (χ1v) is 14.8. The standard InChI is InChI=1S/C33H36N8O2/c1-3-34-16-24-17-35-18-27(21(24)2)23-9-11-28-26(15-23)31(40-39-28)32-37-19-29(38-32)33(43)36-14-13-25-10-12-30(42)41(25)20-22-7-5-4-6-8-22/h4-9,11,15,17-19,25,34H,3,10,12-14,16,20H2,1-2H3,(H,36,43)(H,37,38)(H,39,40). The molecule has 0 aliphatic carbocycles. The zero-order valence-electron chi connectivity index (χ0n) is 24.5. The lowest BCUT2D eigenvalue weighted by Gasteiger charge is -2.25. The molecule has 2 amide bonds. The minimum atomic E-state index is -0.239. The maximum absolute atomic E-state index is 13.0. The average molecular weight is 577 g/mol. The van der Waals surface area contributed by atoms with Crippen LogP contribution in [0.15, 0.2) is 67.1 Å². The second-order valence-corrected chi connectivity index (χ2v) is 11.0. The van der Waals surface area contributed by atoms with Gasteiger partial charge in [0.15, 0.2) is 5.82 Å². The van der Waals surface area contributed by atoms with Crippen LogP contribution in [0.25, 0.3) is 33.5 Å². The van der Waals surface area contributed by atoms with Crippen molar-refractivity contribution in [2.24, 2.45) is 0 Å². The van der Waals surface area contributed by atoms with E-state index >= 15 is 0 Å². The summed E-state index contributed by atoms with van der Waals surface area (Å²) >= 11 is 0. The molecule has 6 rings (SSSR count). The molecule has 1 fully saturated rings. The van der Waals surface area contributed by atoms with Crippen molar-refractivity contribution in [2.45, 2.75) is 52.2 Å². The molecule has 1 atom stereocenters. The Morgan fingerprint density at radius 1 is 1.12 bits per heavy atom. The third-order valence-corrected chi connectivity index (χ3v) is 8.22. The first-order chi connectivity index (χ1) is 21.0. The number of likely N-dealkylation sites (tertiary alicyclic amines) is 1. The van der Waals surface area contributed by atoms with Crippen LogP contribution < -0.4 is 10.6 Å². The van der Waals surface area contributed by atoms with Crippen LogP contribution in [0.5, 0.6) is 0 Å². The van der Waals surface area contributed by atoms with Gasteiger partial charge in [-0.2, -0.15) is 5.10 Å². The summed E-state index contributed by atoms with van der Waals surface area (Å²) in [6.45, 7) is 6.93. The van der Waals surface area contributed by atoms with E-state index in [1.165, 1.54) is 11.8 Å². The molecule has 3 aromatic heterocycles. The molecule has 43 heavy (non-hydrogen) atoms. The Bertz CT molecular complexity index is 1740. The fraction of sp³-hybridized carbons (Fsp3) is 0.303. The van der Waals surface area contributed by atoms with E-state index in [1.807, 2.05) is 53.7 Å². The van der Waals surface area contributed by atoms with Gasteiger partial charge < -0.3 is 20.5 Å². The third kappa shape index (κ3) is 6.05. The molecule has 0 bridgehead atoms. The van der Waals surface area contributed by atoms with Crippen molar-refractivity contribution >= 4 is 22.7 Å². The van der Waals surface area contributed by atoms with Gasteiger partial charge in [0.25, 0.3) is 5.91 Å². The number of aromatic nitrogens is 5. The van der Waals surface area contributed by atoms with Gasteiger partial charge in [0.05, 0.1) is 11.7 Å². The molecule has 0 spiro atoms. The molecule has 10 nitrogen and oxygen atoms in total. The van der Waals surface area contributed by atoms with Gasteiger partial charge in [-0.15, -0.1) is 0 Å². The molecule has 4 heterocycles. The monoisotopic (exact) mass is 576 g/mol. The molecule has 4 N–H and O–H groups in total. The normalized spacial score (nSPS) is 15.0. The van der Waals surface area contributed by atoms with E-state index in [9.17, 15) is 9.59 Å². The van der Waals surface area contributed by atoms with E-state index in [4.69, 9.17) is 0 Å². The van der Waals surface area contributed by atoms with Crippen LogP contribution in [0, 0.1) is 6.92 Å². The number of rotatable bonds is 11. The van der Waals surface area contributed by atoms with Crippen molar-refractivity contribution in [3.8, 4) is 22.6 Å². The number of hydrogen-bond donors (Lipinski definition) is 4. The maximum atomic E-state index is 13.0. The molecule has 0 radical (unpaired) electrons. The number of nitrogens with zero attached hydrogens (tertiary/aromatic N) is 4. The molecular formula is C33H36N8O2. The SMILES string of the molecule is CCNCc1cncc(-c2ccc3[nH]nc(-c4ncc(C(=O)NCCC5CCC(=O)N5Cc5ccccc5)[nH]4)c3c2)c1C. The Morgan fingerprint density at radius 3 is 2.81 bits per heavy atom. The van der Waals surface area contributed by atoms with Crippen molar-refractivity contribution in [3.05, 3.63) is 89.5 Å². The van der Waals surface area contributed by atoms with Crippen molar-refractivity contribution in [3.63, 3.8) is 0 Å². The molecule has 1 aliphatic heterocycles. The van der Waals surface area contributed by atoms with Crippen LogP contribution in [0.2, 0.25) is 0 Å². The quantitative estimate of drug-likeness (QED) is 0.180. The lowest BCUT2D eigenvalue weighted by Crippen LogP contribution is -2.35. The fourth-order valence-corrected chi connectivity index (χ4v) is 5.75. The zero-order valence-corrected chi connectivity index (χ0v) is 24.5. The number of fused-ring (bicyclic) bond motifs is 1. The van der Waals surface area contributed by atoms with E-state index in [1.54, 1.807) is 0 Å². The minimum Gasteiger partial charge on any atom is -0.351 e. The summed E-state index contributed by atoms with van der Waals surface area (Å²) in [5, 5.41) is 14.9. The molecular weight excluding hydrogens is 540 g/mol. The van der Waals surface area contributed by atoms with E-state index < -0.39 is 0 Å². The molecule has 10 heteroatoms. The molecule has 0 saturated carbocycles. The van der Waals surface area contributed by atoms with E-state index in [2.05, 4.69) is 61.8 Å². The Labute approximate surface area is 250 Å². The van der Waals surface area contributed by atoms with Crippen LogP contribution in [0.3, 0.4) is 0 Å². The van der Waals surface area contributed by atoms with Crippen molar-refractivity contribution in [1.29, 1.82) is 0 Å². The van der Waals surface area contributed by atoms with Gasteiger partial charge >= 0.3 is 0 Å². The summed E-state index contributed by atoms with van der Waals surface area (Å²) in [5.41, 5.74) is 7.44. The van der Waals surface area contributed by atoms with Crippen molar-refractivity contribution in [2.75, 3.05) is 13.1 Å². The number of carbonyl (C=O) groups is 2. The summed E-state index contributed by atoms with van der Waals surface area (Å²) in [7, 11) is 0. The summed E-state index contributed by atoms with van der Waals surface area (Å²) < 4.78 is 0. The highest BCUT2D eigenvalue weighted by molar-refractivity contribution is 5.96. The highest BCUT2D eigenvalue weighted by atomic mass is 16.2. The Balaban J connectivity index is 1.13. The molecule has 1 saturated heterocycles. The lowest BCUT2D eigenvalue weighted by atomic mass is 9.98. The van der Waals surface area contributed by atoms with Gasteiger partial charge in [-0.1, -0.05) is 43.3 Å². The highest BCUT2D eigenvalue weighted by Gasteiger charge is 2.30. The number of benzene rings is 2. The number of carbonyl (C=O) groups excluding carboxylic acids is 2. The van der Waals surface area contributed by atoms with Gasteiger partial charge in [-0.05, 0) is 60.7 Å².